The molecule has 4 heterocycles. The maximum absolute atomic E-state index is 4.44. The lowest BCUT2D eigenvalue weighted by molar-refractivity contribution is 0.238. The Hall–Kier alpha value is -1.80. The van der Waals surface area contributed by atoms with Crippen molar-refractivity contribution < 1.29 is 0 Å². The summed E-state index contributed by atoms with van der Waals surface area (Å²) in [6, 6.07) is 8.62. The summed E-state index contributed by atoms with van der Waals surface area (Å²) in [5, 5.41) is 1.36. The monoisotopic (exact) mass is 264 g/mol. The van der Waals surface area contributed by atoms with Crippen LogP contribution in [0.25, 0.3) is 16.5 Å². The van der Waals surface area contributed by atoms with Gasteiger partial charge in [0.15, 0.2) is 0 Å². The Morgan fingerprint density at radius 3 is 3.00 bits per heavy atom. The van der Waals surface area contributed by atoms with Gasteiger partial charge >= 0.3 is 0 Å². The van der Waals surface area contributed by atoms with E-state index in [9.17, 15) is 0 Å². The van der Waals surface area contributed by atoms with Crippen molar-refractivity contribution in [2.24, 2.45) is 5.92 Å². The van der Waals surface area contributed by atoms with Gasteiger partial charge in [-0.3, -0.25) is 4.90 Å². The van der Waals surface area contributed by atoms with Gasteiger partial charge in [0.2, 0.25) is 0 Å². The molecule has 1 N–H and O–H groups in total. The number of piperidine rings is 1. The van der Waals surface area contributed by atoms with Gasteiger partial charge in [-0.15, -0.1) is 0 Å². The average Bonchev–Trinajstić information content (AvgIpc) is 2.83. The summed E-state index contributed by atoms with van der Waals surface area (Å²) in [6.07, 6.45) is 3.49. The third-order valence-corrected chi connectivity index (χ3v) is 4.90. The number of nitrogens with one attached hydrogen (secondary N) is 1. The van der Waals surface area contributed by atoms with Crippen molar-refractivity contribution in [2.45, 2.75) is 19.9 Å². The van der Waals surface area contributed by atoms with Crippen molar-refractivity contribution in [1.82, 2.24) is 9.88 Å². The van der Waals surface area contributed by atoms with E-state index in [2.05, 4.69) is 53.7 Å². The zero-order chi connectivity index (χ0) is 13.7. The summed E-state index contributed by atoms with van der Waals surface area (Å²) in [6.45, 7) is 9.90. The van der Waals surface area contributed by atoms with E-state index in [4.69, 9.17) is 0 Å². The molecule has 0 saturated carbocycles. The molecule has 3 aliphatic rings. The Kier molecular flexibility index (Phi) is 2.61. The van der Waals surface area contributed by atoms with Gasteiger partial charge in [-0.2, -0.15) is 0 Å². The van der Waals surface area contributed by atoms with E-state index >= 15 is 0 Å². The van der Waals surface area contributed by atoms with E-state index in [-0.39, 0.29) is 0 Å². The molecule has 0 radical (unpaired) electrons. The zero-order valence-corrected chi connectivity index (χ0v) is 11.9. The minimum Gasteiger partial charge on any atom is -0.355 e. The number of fused-ring (bicyclic) bond motifs is 3. The van der Waals surface area contributed by atoms with Gasteiger partial charge in [0.1, 0.15) is 0 Å². The van der Waals surface area contributed by atoms with Crippen LogP contribution in [0.2, 0.25) is 0 Å². The second-order valence-electron chi connectivity index (χ2n) is 5.96. The van der Waals surface area contributed by atoms with Crippen molar-refractivity contribution in [1.29, 1.82) is 0 Å². The third kappa shape index (κ3) is 1.61. The fourth-order valence-corrected chi connectivity index (χ4v) is 3.81. The van der Waals surface area contributed by atoms with Gasteiger partial charge in [-0.25, -0.2) is 0 Å². The van der Waals surface area contributed by atoms with Crippen LogP contribution in [0.5, 0.6) is 0 Å². The predicted octanol–water partition coefficient (Wildman–Crippen LogP) is 3.96. The van der Waals surface area contributed by atoms with E-state index in [1.807, 2.05) is 0 Å². The summed E-state index contributed by atoms with van der Waals surface area (Å²) < 4.78 is 0. The minimum atomic E-state index is 0.517. The maximum atomic E-state index is 4.44. The Bertz CT molecular complexity index is 720. The van der Waals surface area contributed by atoms with Gasteiger partial charge < -0.3 is 4.98 Å². The lowest BCUT2D eigenvalue weighted by Gasteiger charge is -2.38. The van der Waals surface area contributed by atoms with Gasteiger partial charge in [-0.05, 0) is 37.1 Å². The molecule has 20 heavy (non-hydrogen) atoms. The third-order valence-electron chi connectivity index (χ3n) is 4.90. The summed E-state index contributed by atoms with van der Waals surface area (Å²) in [5.41, 5.74) is 6.77. The van der Waals surface area contributed by atoms with Crippen molar-refractivity contribution in [3.8, 4) is 0 Å². The number of hydrogen-bond acceptors (Lipinski definition) is 1. The Morgan fingerprint density at radius 1 is 1.30 bits per heavy atom. The number of allylic oxidation sites excluding steroid dienone is 2. The second-order valence-corrected chi connectivity index (χ2v) is 5.96. The van der Waals surface area contributed by atoms with Crippen LogP contribution < -0.4 is 0 Å². The number of benzene rings is 1. The molecule has 1 fully saturated rings. The highest BCUT2D eigenvalue weighted by molar-refractivity contribution is 5.89. The van der Waals surface area contributed by atoms with E-state index in [0.717, 1.165) is 13.1 Å². The minimum absolute atomic E-state index is 0.517. The zero-order valence-electron chi connectivity index (χ0n) is 11.9. The number of H-pyrrole nitrogens is 1. The molecule has 2 nitrogen and oxygen atoms in total. The first kappa shape index (κ1) is 12.0. The molecule has 0 amide bonds. The Morgan fingerprint density at radius 2 is 2.15 bits per heavy atom. The van der Waals surface area contributed by atoms with Gasteiger partial charge in [0.25, 0.3) is 0 Å². The highest BCUT2D eigenvalue weighted by atomic mass is 15.1. The topological polar surface area (TPSA) is 19.0 Å². The molecule has 2 bridgehead atoms. The molecule has 1 unspecified atom stereocenters. The summed E-state index contributed by atoms with van der Waals surface area (Å²) >= 11 is 0. The second kappa shape index (κ2) is 4.35. The van der Waals surface area contributed by atoms with Crippen LogP contribution in [0.15, 0.2) is 42.5 Å². The lowest BCUT2D eigenvalue weighted by Crippen LogP contribution is -2.37. The molecule has 1 aromatic heterocycles. The van der Waals surface area contributed by atoms with Crippen molar-refractivity contribution in [3.05, 3.63) is 53.8 Å². The molecule has 0 spiro atoms. The number of para-hydroxylation sites is 1. The summed E-state index contributed by atoms with van der Waals surface area (Å²) in [5.74, 6) is 0.517. The first-order valence-corrected chi connectivity index (χ1v) is 7.44. The van der Waals surface area contributed by atoms with Crippen LogP contribution in [0.3, 0.4) is 0 Å². The summed E-state index contributed by atoms with van der Waals surface area (Å²) in [7, 11) is 0. The largest absolute Gasteiger partial charge is 0.355 e. The molecule has 2 heteroatoms. The van der Waals surface area contributed by atoms with Crippen LogP contribution in [0.4, 0.5) is 0 Å². The molecule has 2 atom stereocenters. The molecule has 5 rings (SSSR count). The Labute approximate surface area is 119 Å². The highest BCUT2D eigenvalue weighted by Gasteiger charge is 2.31. The van der Waals surface area contributed by atoms with Crippen LogP contribution in [0, 0.1) is 5.92 Å². The molecule has 0 aliphatic carbocycles. The van der Waals surface area contributed by atoms with Crippen molar-refractivity contribution >= 4 is 16.5 Å². The SMILES string of the molecule is C=C1c2[nH]c3ccccc3c2CN2CC[C@H]1/C(=C/C)C2. The maximum Gasteiger partial charge on any atom is 0.0469 e. The Balaban J connectivity index is 1.95. The van der Waals surface area contributed by atoms with E-state index in [0.29, 0.717) is 5.92 Å². The molecule has 1 aromatic carbocycles. The first-order chi connectivity index (χ1) is 9.78. The van der Waals surface area contributed by atoms with Crippen molar-refractivity contribution in [2.75, 3.05) is 13.1 Å². The van der Waals surface area contributed by atoms with Gasteiger partial charge in [0, 0.05) is 35.6 Å². The number of rotatable bonds is 0. The first-order valence-electron chi connectivity index (χ1n) is 7.44. The van der Waals surface area contributed by atoms with Crippen LogP contribution in [0.1, 0.15) is 24.6 Å². The predicted molar refractivity (Wildman–Crippen MR) is 84.5 cm³/mol. The fraction of sp³-hybridized carbons (Fsp3) is 0.333. The molecule has 2 aromatic rings. The van der Waals surface area contributed by atoms with E-state index in [1.54, 1.807) is 0 Å². The standard InChI is InChI=1S/C18H20N2/c1-3-13-10-20-9-8-14(13)12(2)18-16(11-20)15-6-4-5-7-17(15)19-18/h3-7,14,19H,2,8-11H2,1H3/b13-3+/t14-/m1/s1. The molecule has 3 aliphatic heterocycles. The van der Waals surface area contributed by atoms with Crippen LogP contribution >= 0.6 is 0 Å². The average molecular weight is 264 g/mol. The van der Waals surface area contributed by atoms with Crippen LogP contribution in [-0.2, 0) is 6.54 Å². The molecule has 1 saturated heterocycles. The number of aromatic nitrogens is 1. The quantitative estimate of drug-likeness (QED) is 0.713. The van der Waals surface area contributed by atoms with E-state index < -0.39 is 0 Å². The number of hydrogen-bond donors (Lipinski definition) is 1. The lowest BCUT2D eigenvalue weighted by atomic mass is 9.81. The smallest absolute Gasteiger partial charge is 0.0469 e. The van der Waals surface area contributed by atoms with Gasteiger partial charge in [0.05, 0.1) is 0 Å². The number of nitrogens with zero attached hydrogens (tertiary/aromatic N) is 1. The molecular formula is C18H20N2. The van der Waals surface area contributed by atoms with E-state index in [1.165, 1.54) is 46.3 Å². The summed E-state index contributed by atoms with van der Waals surface area (Å²) in [4.78, 5) is 6.18. The van der Waals surface area contributed by atoms with Crippen LogP contribution in [-0.4, -0.2) is 23.0 Å². The molecule has 102 valence electrons. The normalized spacial score (nSPS) is 27.6. The molecular weight excluding hydrogens is 244 g/mol. The fourth-order valence-electron chi connectivity index (χ4n) is 3.81. The van der Waals surface area contributed by atoms with Gasteiger partial charge in [-0.1, -0.05) is 36.4 Å². The number of aromatic amines is 1. The highest BCUT2D eigenvalue weighted by Crippen LogP contribution is 2.40. The van der Waals surface area contributed by atoms with Crippen molar-refractivity contribution in [3.63, 3.8) is 0 Å².